The third kappa shape index (κ3) is 3.36. The third-order valence-corrected chi connectivity index (χ3v) is 3.18. The molecule has 1 aromatic carbocycles. The molecule has 5 heteroatoms. The second kappa shape index (κ2) is 6.38. The van der Waals surface area contributed by atoms with E-state index in [0.717, 1.165) is 11.3 Å². The Morgan fingerprint density at radius 2 is 2.33 bits per heavy atom. The van der Waals surface area contributed by atoms with Crippen molar-refractivity contribution in [3.8, 4) is 5.75 Å². The van der Waals surface area contributed by atoms with Gasteiger partial charge in [-0.25, -0.2) is 0 Å². The molecule has 0 amide bonds. The van der Waals surface area contributed by atoms with Gasteiger partial charge < -0.3 is 19.3 Å². The van der Waals surface area contributed by atoms with E-state index >= 15 is 0 Å². The molecule has 2 atom stereocenters. The van der Waals surface area contributed by atoms with Crippen molar-refractivity contribution in [2.24, 2.45) is 0 Å². The zero-order chi connectivity index (χ0) is 13.0. The molecule has 2 rings (SSSR count). The highest BCUT2D eigenvalue weighted by Gasteiger charge is 2.24. The van der Waals surface area contributed by atoms with Crippen LogP contribution in [0.15, 0.2) is 18.2 Å². The molecule has 0 saturated carbocycles. The van der Waals surface area contributed by atoms with Crippen molar-refractivity contribution in [1.29, 1.82) is 0 Å². The average Bonchev–Trinajstić information content (AvgIpc) is 2.40. The number of rotatable bonds is 4. The van der Waals surface area contributed by atoms with Crippen LogP contribution >= 0.6 is 11.6 Å². The lowest BCUT2D eigenvalue weighted by Crippen LogP contribution is -2.39. The topological polar surface area (TPSA) is 47.9 Å². The first-order chi connectivity index (χ1) is 8.70. The second-order valence-electron chi connectivity index (χ2n) is 4.21. The lowest BCUT2D eigenvalue weighted by atomic mass is 10.0. The van der Waals surface area contributed by atoms with Crippen LogP contribution < -0.4 is 4.74 Å². The van der Waals surface area contributed by atoms with Gasteiger partial charge in [0.15, 0.2) is 0 Å². The highest BCUT2D eigenvalue weighted by atomic mass is 35.5. The first kappa shape index (κ1) is 13.6. The molecule has 1 fully saturated rings. The maximum Gasteiger partial charge on any atom is 0.122 e. The van der Waals surface area contributed by atoms with E-state index in [1.165, 1.54) is 0 Å². The predicted molar refractivity (Wildman–Crippen MR) is 68.3 cm³/mol. The molecule has 1 aliphatic heterocycles. The van der Waals surface area contributed by atoms with Gasteiger partial charge in [0.05, 0.1) is 33.0 Å². The molecular weight excluding hydrogens is 256 g/mol. The number of benzene rings is 1. The molecule has 100 valence electrons. The summed E-state index contributed by atoms with van der Waals surface area (Å²) in [5, 5.41) is 10.8. The van der Waals surface area contributed by atoms with Crippen LogP contribution in [0, 0.1) is 0 Å². The van der Waals surface area contributed by atoms with Crippen LogP contribution in [0.4, 0.5) is 0 Å². The Bertz CT molecular complexity index is 391. The van der Waals surface area contributed by atoms with E-state index in [9.17, 15) is 5.11 Å². The van der Waals surface area contributed by atoms with Gasteiger partial charge in [-0.05, 0) is 23.8 Å². The molecule has 0 spiro atoms. The van der Waals surface area contributed by atoms with E-state index in [-0.39, 0.29) is 6.10 Å². The number of halogens is 1. The summed E-state index contributed by atoms with van der Waals surface area (Å²) >= 11 is 5.95. The summed E-state index contributed by atoms with van der Waals surface area (Å²) in [7, 11) is 1.60. The van der Waals surface area contributed by atoms with E-state index in [4.69, 9.17) is 25.8 Å². The van der Waals surface area contributed by atoms with Crippen LogP contribution in [0.2, 0.25) is 5.02 Å². The van der Waals surface area contributed by atoms with Crippen molar-refractivity contribution in [2.45, 2.75) is 18.6 Å². The Morgan fingerprint density at radius 3 is 3.00 bits per heavy atom. The Kier molecular flexibility index (Phi) is 4.83. The van der Waals surface area contributed by atoms with Gasteiger partial charge in [0.1, 0.15) is 11.9 Å². The van der Waals surface area contributed by atoms with E-state index in [0.29, 0.717) is 31.3 Å². The van der Waals surface area contributed by atoms with Gasteiger partial charge >= 0.3 is 0 Å². The van der Waals surface area contributed by atoms with Gasteiger partial charge in [-0.1, -0.05) is 11.6 Å². The molecule has 0 bridgehead atoms. The van der Waals surface area contributed by atoms with Crippen LogP contribution in [0.1, 0.15) is 5.56 Å². The van der Waals surface area contributed by atoms with E-state index in [1.807, 2.05) is 0 Å². The molecule has 1 N–H and O–H groups in total. The number of aliphatic hydroxyl groups is 1. The Morgan fingerprint density at radius 1 is 1.50 bits per heavy atom. The van der Waals surface area contributed by atoms with Gasteiger partial charge in [0.25, 0.3) is 0 Å². The summed E-state index contributed by atoms with van der Waals surface area (Å²) in [6, 6.07) is 5.35. The number of aliphatic hydroxyl groups excluding tert-OH is 1. The van der Waals surface area contributed by atoms with Crippen molar-refractivity contribution < 1.29 is 19.3 Å². The van der Waals surface area contributed by atoms with Gasteiger partial charge in [-0.3, -0.25) is 0 Å². The first-order valence-electron chi connectivity index (χ1n) is 5.90. The number of hydrogen-bond acceptors (Lipinski definition) is 4. The minimum Gasteiger partial charge on any atom is -0.496 e. The van der Waals surface area contributed by atoms with Crippen molar-refractivity contribution in [2.75, 3.05) is 26.9 Å². The molecule has 4 nitrogen and oxygen atoms in total. The Balaban J connectivity index is 2.05. The Labute approximate surface area is 111 Å². The third-order valence-electron chi connectivity index (χ3n) is 2.94. The number of methoxy groups -OCH3 is 1. The zero-order valence-corrected chi connectivity index (χ0v) is 11.0. The van der Waals surface area contributed by atoms with Gasteiger partial charge in [0.2, 0.25) is 0 Å². The molecule has 0 aromatic heterocycles. The predicted octanol–water partition coefficient (Wildman–Crippen LogP) is 1.67. The highest BCUT2D eigenvalue weighted by Crippen LogP contribution is 2.25. The van der Waals surface area contributed by atoms with Crippen molar-refractivity contribution in [3.05, 3.63) is 28.8 Å². The van der Waals surface area contributed by atoms with Crippen LogP contribution in [0.25, 0.3) is 0 Å². The normalized spacial score (nSPS) is 21.6. The average molecular weight is 273 g/mol. The summed E-state index contributed by atoms with van der Waals surface area (Å²) in [6.45, 7) is 1.53. The fourth-order valence-electron chi connectivity index (χ4n) is 1.99. The Hall–Kier alpha value is -0.810. The molecule has 1 saturated heterocycles. The van der Waals surface area contributed by atoms with Crippen LogP contribution in [-0.2, 0) is 15.9 Å². The van der Waals surface area contributed by atoms with Crippen molar-refractivity contribution in [3.63, 3.8) is 0 Å². The maximum atomic E-state index is 10.1. The summed E-state index contributed by atoms with van der Waals surface area (Å²) in [5.41, 5.74) is 0.867. The molecule has 2 unspecified atom stereocenters. The van der Waals surface area contributed by atoms with Gasteiger partial charge in [0, 0.05) is 11.4 Å². The molecule has 0 radical (unpaired) electrons. The van der Waals surface area contributed by atoms with Crippen molar-refractivity contribution in [1.82, 2.24) is 0 Å². The largest absolute Gasteiger partial charge is 0.496 e. The maximum absolute atomic E-state index is 10.1. The monoisotopic (exact) mass is 272 g/mol. The highest BCUT2D eigenvalue weighted by molar-refractivity contribution is 6.30. The quantitative estimate of drug-likeness (QED) is 0.906. The van der Waals surface area contributed by atoms with E-state index in [1.54, 1.807) is 25.3 Å². The summed E-state index contributed by atoms with van der Waals surface area (Å²) in [4.78, 5) is 0. The zero-order valence-electron chi connectivity index (χ0n) is 10.3. The van der Waals surface area contributed by atoms with Gasteiger partial charge in [-0.15, -0.1) is 0 Å². The minimum absolute atomic E-state index is 0.289. The van der Waals surface area contributed by atoms with Gasteiger partial charge in [-0.2, -0.15) is 0 Å². The lowest BCUT2D eigenvalue weighted by Gasteiger charge is -2.27. The molecule has 1 aromatic rings. The molecule has 0 aliphatic carbocycles. The molecule has 18 heavy (non-hydrogen) atoms. The number of hydrogen-bond donors (Lipinski definition) is 1. The summed E-state index contributed by atoms with van der Waals surface area (Å²) in [5.74, 6) is 0.718. The smallest absolute Gasteiger partial charge is 0.122 e. The van der Waals surface area contributed by atoms with Crippen LogP contribution in [0.3, 0.4) is 0 Å². The molecular formula is C13H17ClO4. The fourth-order valence-corrected chi connectivity index (χ4v) is 2.19. The first-order valence-corrected chi connectivity index (χ1v) is 6.28. The molecule has 1 aliphatic rings. The number of ether oxygens (including phenoxy) is 3. The standard InChI is InChI=1S/C13H17ClO4/c1-16-12-3-2-10(14)6-9(12)7-11(15)13-8-17-4-5-18-13/h2-3,6,11,13,15H,4-5,7-8H2,1H3. The van der Waals surface area contributed by atoms with Crippen LogP contribution in [0.5, 0.6) is 5.75 Å². The fraction of sp³-hybridized carbons (Fsp3) is 0.538. The molecule has 1 heterocycles. The van der Waals surface area contributed by atoms with Crippen molar-refractivity contribution >= 4 is 11.6 Å². The lowest BCUT2D eigenvalue weighted by molar-refractivity contribution is -0.131. The van der Waals surface area contributed by atoms with E-state index < -0.39 is 6.10 Å². The minimum atomic E-state index is -0.627. The van der Waals surface area contributed by atoms with E-state index in [2.05, 4.69) is 0 Å². The second-order valence-corrected chi connectivity index (χ2v) is 4.65. The SMILES string of the molecule is COc1ccc(Cl)cc1CC(O)C1COCCO1. The van der Waals surface area contributed by atoms with Crippen LogP contribution in [-0.4, -0.2) is 44.2 Å². The summed E-state index contributed by atoms with van der Waals surface area (Å²) < 4.78 is 16.0. The summed E-state index contributed by atoms with van der Waals surface area (Å²) in [6.07, 6.45) is -0.488.